The summed E-state index contributed by atoms with van der Waals surface area (Å²) in [6, 6.07) is -0.827. The maximum absolute atomic E-state index is 11.2. The predicted octanol–water partition coefficient (Wildman–Crippen LogP) is 1.97. The summed E-state index contributed by atoms with van der Waals surface area (Å²) in [5.41, 5.74) is 0. The highest BCUT2D eigenvalue weighted by molar-refractivity contribution is 5.82. The first-order chi connectivity index (χ1) is 9.22. The lowest BCUT2D eigenvalue weighted by molar-refractivity contribution is -0.142. The first-order valence-corrected chi connectivity index (χ1v) is 7.44. The number of nitrogens with one attached hydrogen (secondary N) is 1. The van der Waals surface area contributed by atoms with Crippen molar-refractivity contribution in [3.05, 3.63) is 0 Å². The largest absolute Gasteiger partial charge is 0.480 e. The van der Waals surface area contributed by atoms with E-state index in [9.17, 15) is 14.7 Å². The van der Waals surface area contributed by atoms with Gasteiger partial charge in [0.05, 0.1) is 0 Å². The summed E-state index contributed by atoms with van der Waals surface area (Å²) in [6.07, 6.45) is 2.06. The van der Waals surface area contributed by atoms with Gasteiger partial charge in [0.2, 0.25) is 5.91 Å². The maximum Gasteiger partial charge on any atom is 0.327 e. The fourth-order valence-corrected chi connectivity index (χ4v) is 1.86. The second-order valence-electron chi connectivity index (χ2n) is 6.26. The summed E-state index contributed by atoms with van der Waals surface area (Å²) < 4.78 is 0. The minimum absolute atomic E-state index is 0.301. The van der Waals surface area contributed by atoms with Gasteiger partial charge in [-0.3, -0.25) is 4.79 Å². The van der Waals surface area contributed by atoms with Gasteiger partial charge >= 0.3 is 5.97 Å². The summed E-state index contributed by atoms with van der Waals surface area (Å²) in [4.78, 5) is 24.4. The minimum atomic E-state index is -0.973. The van der Waals surface area contributed by atoms with Crippen molar-refractivity contribution in [1.29, 1.82) is 0 Å². The van der Waals surface area contributed by atoms with Crippen molar-refractivity contribution in [2.45, 2.75) is 53.5 Å². The first-order valence-electron chi connectivity index (χ1n) is 7.44. The maximum atomic E-state index is 11.2. The van der Waals surface area contributed by atoms with E-state index in [0.717, 1.165) is 25.9 Å². The van der Waals surface area contributed by atoms with Crippen molar-refractivity contribution in [3.63, 3.8) is 0 Å². The SMILES string of the molecule is CC(=O)NC(CN(CCC(C)C)CCC(C)C)C(=O)O. The van der Waals surface area contributed by atoms with Crippen LogP contribution in [0.3, 0.4) is 0 Å². The van der Waals surface area contributed by atoms with Crippen LogP contribution in [0.15, 0.2) is 0 Å². The van der Waals surface area contributed by atoms with E-state index in [0.29, 0.717) is 18.4 Å². The molecule has 0 aliphatic rings. The number of carbonyl (C=O) groups excluding carboxylic acids is 1. The Morgan fingerprint density at radius 2 is 1.50 bits per heavy atom. The molecule has 0 aromatic heterocycles. The average molecular weight is 286 g/mol. The Bertz CT molecular complexity index is 291. The van der Waals surface area contributed by atoms with E-state index in [-0.39, 0.29) is 5.91 Å². The molecule has 0 bridgehead atoms. The molecule has 0 aliphatic heterocycles. The molecule has 118 valence electrons. The molecule has 2 N–H and O–H groups in total. The summed E-state index contributed by atoms with van der Waals surface area (Å²) in [5, 5.41) is 11.7. The van der Waals surface area contributed by atoms with Gasteiger partial charge in [-0.25, -0.2) is 4.79 Å². The van der Waals surface area contributed by atoms with E-state index < -0.39 is 12.0 Å². The van der Waals surface area contributed by atoms with Gasteiger partial charge in [0.25, 0.3) is 0 Å². The Morgan fingerprint density at radius 3 is 1.80 bits per heavy atom. The molecule has 0 spiro atoms. The topological polar surface area (TPSA) is 69.6 Å². The summed E-state index contributed by atoms with van der Waals surface area (Å²) >= 11 is 0. The van der Waals surface area contributed by atoms with Gasteiger partial charge in [-0.05, 0) is 37.8 Å². The highest BCUT2D eigenvalue weighted by Crippen LogP contribution is 2.07. The molecule has 0 saturated heterocycles. The van der Waals surface area contributed by atoms with Crippen LogP contribution in [0.25, 0.3) is 0 Å². The second-order valence-corrected chi connectivity index (χ2v) is 6.26. The molecule has 1 amide bonds. The molecule has 5 heteroatoms. The molecule has 20 heavy (non-hydrogen) atoms. The zero-order valence-corrected chi connectivity index (χ0v) is 13.5. The number of aliphatic carboxylic acids is 1. The average Bonchev–Trinajstić information content (AvgIpc) is 2.30. The third-order valence-electron chi connectivity index (χ3n) is 3.16. The fourth-order valence-electron chi connectivity index (χ4n) is 1.86. The van der Waals surface area contributed by atoms with Crippen molar-refractivity contribution < 1.29 is 14.7 Å². The van der Waals surface area contributed by atoms with Crippen LogP contribution in [0.1, 0.15) is 47.5 Å². The monoisotopic (exact) mass is 286 g/mol. The van der Waals surface area contributed by atoms with Crippen LogP contribution >= 0.6 is 0 Å². The Kier molecular flexibility index (Phi) is 9.21. The molecule has 0 rings (SSSR count). The van der Waals surface area contributed by atoms with Crippen molar-refractivity contribution in [3.8, 4) is 0 Å². The highest BCUT2D eigenvalue weighted by Gasteiger charge is 2.21. The van der Waals surface area contributed by atoms with Crippen molar-refractivity contribution in [2.24, 2.45) is 11.8 Å². The molecule has 5 nitrogen and oxygen atoms in total. The van der Waals surface area contributed by atoms with Gasteiger partial charge in [-0.15, -0.1) is 0 Å². The number of carboxylic acids is 1. The van der Waals surface area contributed by atoms with Gasteiger partial charge in [-0.1, -0.05) is 27.7 Å². The Balaban J connectivity index is 4.54. The molecule has 0 saturated carbocycles. The molecular weight excluding hydrogens is 256 g/mol. The molecule has 0 aromatic rings. The Morgan fingerprint density at radius 1 is 1.05 bits per heavy atom. The zero-order valence-electron chi connectivity index (χ0n) is 13.5. The van der Waals surface area contributed by atoms with E-state index in [1.54, 1.807) is 0 Å². The third kappa shape index (κ3) is 9.78. The van der Waals surface area contributed by atoms with Crippen LogP contribution < -0.4 is 5.32 Å². The third-order valence-corrected chi connectivity index (χ3v) is 3.16. The van der Waals surface area contributed by atoms with Gasteiger partial charge in [0, 0.05) is 13.5 Å². The lowest BCUT2D eigenvalue weighted by atomic mass is 10.1. The number of hydrogen-bond donors (Lipinski definition) is 2. The molecule has 0 aliphatic carbocycles. The quantitative estimate of drug-likeness (QED) is 0.644. The summed E-state index contributed by atoms with van der Waals surface area (Å²) in [6.45, 7) is 12.1. The minimum Gasteiger partial charge on any atom is -0.480 e. The molecule has 0 radical (unpaired) electrons. The number of hydrogen-bond acceptors (Lipinski definition) is 3. The normalized spacial score (nSPS) is 13.0. The van der Waals surface area contributed by atoms with Crippen LogP contribution in [-0.2, 0) is 9.59 Å². The second kappa shape index (κ2) is 9.75. The van der Waals surface area contributed by atoms with Crippen LogP contribution in [0.4, 0.5) is 0 Å². The summed E-state index contributed by atoms with van der Waals surface area (Å²) in [7, 11) is 0. The Hall–Kier alpha value is -1.10. The van der Waals surface area contributed by atoms with Gasteiger partial charge < -0.3 is 15.3 Å². The van der Waals surface area contributed by atoms with E-state index >= 15 is 0 Å². The molecule has 0 heterocycles. The molecule has 0 aromatic carbocycles. The fraction of sp³-hybridized carbons (Fsp3) is 0.867. The standard InChI is InChI=1S/C15H30N2O3/c1-11(2)6-8-17(9-7-12(3)4)10-14(15(19)20)16-13(5)18/h11-12,14H,6-10H2,1-5H3,(H,16,18)(H,19,20). The lowest BCUT2D eigenvalue weighted by Gasteiger charge is -2.27. The van der Waals surface area contributed by atoms with Gasteiger partial charge in [0.1, 0.15) is 6.04 Å². The number of nitrogens with zero attached hydrogens (tertiary/aromatic N) is 1. The molecule has 0 fully saturated rings. The smallest absolute Gasteiger partial charge is 0.327 e. The van der Waals surface area contributed by atoms with E-state index in [1.165, 1.54) is 6.92 Å². The van der Waals surface area contributed by atoms with Gasteiger partial charge in [0.15, 0.2) is 0 Å². The van der Waals surface area contributed by atoms with E-state index in [4.69, 9.17) is 0 Å². The van der Waals surface area contributed by atoms with Crippen molar-refractivity contribution >= 4 is 11.9 Å². The molecular formula is C15H30N2O3. The highest BCUT2D eigenvalue weighted by atomic mass is 16.4. The van der Waals surface area contributed by atoms with Gasteiger partial charge in [-0.2, -0.15) is 0 Å². The van der Waals surface area contributed by atoms with Crippen LogP contribution in [0.5, 0.6) is 0 Å². The van der Waals surface area contributed by atoms with Crippen molar-refractivity contribution in [1.82, 2.24) is 10.2 Å². The van der Waals surface area contributed by atoms with Crippen molar-refractivity contribution in [2.75, 3.05) is 19.6 Å². The molecule has 1 atom stereocenters. The number of rotatable bonds is 10. The van der Waals surface area contributed by atoms with Crippen LogP contribution in [0.2, 0.25) is 0 Å². The van der Waals surface area contributed by atoms with E-state index in [1.807, 2.05) is 0 Å². The molecule has 1 unspecified atom stereocenters. The predicted molar refractivity (Wildman–Crippen MR) is 80.6 cm³/mol. The zero-order chi connectivity index (χ0) is 15.7. The lowest BCUT2D eigenvalue weighted by Crippen LogP contribution is -2.48. The summed E-state index contributed by atoms with van der Waals surface area (Å²) in [5.74, 6) is -0.106. The van der Waals surface area contributed by atoms with E-state index in [2.05, 4.69) is 37.9 Å². The number of amides is 1. The number of carboxylic acid groups (broad SMARTS) is 1. The van der Waals surface area contributed by atoms with Crippen LogP contribution in [-0.4, -0.2) is 47.6 Å². The Labute approximate surface area is 122 Å². The van der Waals surface area contributed by atoms with Crippen LogP contribution in [0, 0.1) is 11.8 Å². The number of carbonyl (C=O) groups is 2. The first kappa shape index (κ1) is 18.9.